The molecule has 1 atom stereocenters. The van der Waals surface area contributed by atoms with E-state index in [4.69, 9.17) is 5.73 Å². The van der Waals surface area contributed by atoms with Crippen LogP contribution >= 0.6 is 11.3 Å². The number of thiophene rings is 1. The van der Waals surface area contributed by atoms with Crippen LogP contribution in [0.3, 0.4) is 0 Å². The summed E-state index contributed by atoms with van der Waals surface area (Å²) in [5.41, 5.74) is 7.59. The van der Waals surface area contributed by atoms with E-state index in [1.54, 1.807) is 16.0 Å². The maximum absolute atomic E-state index is 5.99. The fourth-order valence-corrected chi connectivity index (χ4v) is 2.69. The van der Waals surface area contributed by atoms with Gasteiger partial charge >= 0.3 is 0 Å². The first kappa shape index (κ1) is 12.0. The third-order valence-corrected chi connectivity index (χ3v) is 3.99. The van der Waals surface area contributed by atoms with Gasteiger partial charge in [-0.2, -0.15) is 5.10 Å². The van der Waals surface area contributed by atoms with Crippen molar-refractivity contribution in [2.24, 2.45) is 7.05 Å². The molecule has 0 radical (unpaired) electrons. The van der Waals surface area contributed by atoms with E-state index in [0.717, 1.165) is 17.2 Å². The molecule has 1 unspecified atom stereocenters. The first-order valence-electron chi connectivity index (χ1n) is 5.61. The molecule has 2 aromatic rings. The Kier molecular flexibility index (Phi) is 3.11. The summed E-state index contributed by atoms with van der Waals surface area (Å²) in [6, 6.07) is 4.53. The van der Waals surface area contributed by atoms with Gasteiger partial charge < -0.3 is 11.1 Å². The van der Waals surface area contributed by atoms with E-state index in [1.807, 2.05) is 14.0 Å². The Bertz CT molecular complexity index is 527. The maximum Gasteiger partial charge on any atom is 0.148 e. The van der Waals surface area contributed by atoms with Crippen molar-refractivity contribution in [2.45, 2.75) is 26.8 Å². The first-order valence-corrected chi connectivity index (χ1v) is 6.42. The van der Waals surface area contributed by atoms with E-state index in [9.17, 15) is 0 Å². The van der Waals surface area contributed by atoms with Crippen molar-refractivity contribution in [1.82, 2.24) is 9.78 Å². The summed E-state index contributed by atoms with van der Waals surface area (Å²) in [6.07, 6.45) is 0. The number of hydrogen-bond acceptors (Lipinski definition) is 4. The lowest BCUT2D eigenvalue weighted by Gasteiger charge is -2.14. The van der Waals surface area contributed by atoms with Gasteiger partial charge in [0, 0.05) is 16.8 Å². The Morgan fingerprint density at radius 3 is 2.59 bits per heavy atom. The summed E-state index contributed by atoms with van der Waals surface area (Å²) in [5, 5.41) is 7.71. The highest BCUT2D eigenvalue weighted by molar-refractivity contribution is 7.12. The number of anilines is 2. The molecule has 0 spiro atoms. The molecule has 0 saturated heterocycles. The van der Waals surface area contributed by atoms with Gasteiger partial charge in [-0.1, -0.05) is 0 Å². The SMILES string of the molecule is Cc1ccc(C(C)Nc2c(N)c(C)nn2C)s1. The van der Waals surface area contributed by atoms with Crippen LogP contribution in [-0.4, -0.2) is 9.78 Å². The molecule has 17 heavy (non-hydrogen) atoms. The van der Waals surface area contributed by atoms with Crippen LogP contribution in [0.1, 0.15) is 28.4 Å². The third kappa shape index (κ3) is 2.29. The van der Waals surface area contributed by atoms with Crippen LogP contribution in [0.5, 0.6) is 0 Å². The van der Waals surface area contributed by atoms with Crippen molar-refractivity contribution in [3.05, 3.63) is 27.6 Å². The molecule has 2 aromatic heterocycles. The zero-order chi connectivity index (χ0) is 12.6. The van der Waals surface area contributed by atoms with Gasteiger partial charge in [-0.3, -0.25) is 4.68 Å². The van der Waals surface area contributed by atoms with Crippen molar-refractivity contribution >= 4 is 22.8 Å². The average Bonchev–Trinajstić information content (AvgIpc) is 2.79. The van der Waals surface area contributed by atoms with Gasteiger partial charge in [-0.05, 0) is 32.9 Å². The van der Waals surface area contributed by atoms with E-state index in [0.29, 0.717) is 0 Å². The molecular weight excluding hydrogens is 232 g/mol. The quantitative estimate of drug-likeness (QED) is 0.880. The van der Waals surface area contributed by atoms with Gasteiger partial charge in [0.25, 0.3) is 0 Å². The summed E-state index contributed by atoms with van der Waals surface area (Å²) in [6.45, 7) is 6.16. The van der Waals surface area contributed by atoms with Crippen molar-refractivity contribution in [2.75, 3.05) is 11.1 Å². The van der Waals surface area contributed by atoms with Gasteiger partial charge in [-0.25, -0.2) is 0 Å². The summed E-state index contributed by atoms with van der Waals surface area (Å²) < 4.78 is 1.79. The lowest BCUT2D eigenvalue weighted by Crippen LogP contribution is -2.10. The summed E-state index contributed by atoms with van der Waals surface area (Å²) in [5.74, 6) is 0.890. The molecule has 2 rings (SSSR count). The number of aryl methyl sites for hydroxylation is 3. The largest absolute Gasteiger partial charge is 0.394 e. The maximum atomic E-state index is 5.99. The molecule has 0 aliphatic heterocycles. The fraction of sp³-hybridized carbons (Fsp3) is 0.417. The minimum atomic E-state index is 0.241. The molecule has 0 aromatic carbocycles. The molecule has 2 heterocycles. The van der Waals surface area contributed by atoms with Crippen molar-refractivity contribution in [3.8, 4) is 0 Å². The molecule has 4 nitrogen and oxygen atoms in total. The Hall–Kier alpha value is -1.49. The zero-order valence-corrected chi connectivity index (χ0v) is 11.4. The number of aromatic nitrogens is 2. The van der Waals surface area contributed by atoms with E-state index in [1.165, 1.54) is 9.75 Å². The molecule has 0 bridgehead atoms. The van der Waals surface area contributed by atoms with E-state index in [2.05, 4.69) is 36.4 Å². The number of nitrogens with one attached hydrogen (secondary N) is 1. The van der Waals surface area contributed by atoms with Crippen LogP contribution in [-0.2, 0) is 7.05 Å². The summed E-state index contributed by atoms with van der Waals surface area (Å²) in [7, 11) is 1.90. The minimum absolute atomic E-state index is 0.241. The highest BCUT2D eigenvalue weighted by Crippen LogP contribution is 2.29. The predicted octanol–water partition coefficient (Wildman–Crippen LogP) is 2.85. The summed E-state index contributed by atoms with van der Waals surface area (Å²) >= 11 is 1.80. The lowest BCUT2D eigenvalue weighted by atomic mass is 10.2. The smallest absolute Gasteiger partial charge is 0.148 e. The second kappa shape index (κ2) is 4.41. The highest BCUT2D eigenvalue weighted by atomic mass is 32.1. The monoisotopic (exact) mass is 250 g/mol. The normalized spacial score (nSPS) is 12.7. The van der Waals surface area contributed by atoms with E-state index in [-0.39, 0.29) is 6.04 Å². The van der Waals surface area contributed by atoms with Crippen LogP contribution in [0, 0.1) is 13.8 Å². The van der Waals surface area contributed by atoms with Crippen LogP contribution in [0.25, 0.3) is 0 Å². The first-order chi connectivity index (χ1) is 7.99. The molecule has 3 N–H and O–H groups in total. The molecule has 92 valence electrons. The predicted molar refractivity (Wildman–Crippen MR) is 73.5 cm³/mol. The van der Waals surface area contributed by atoms with Gasteiger partial charge in [0.15, 0.2) is 0 Å². The van der Waals surface area contributed by atoms with E-state index < -0.39 is 0 Å². The Labute approximate surface area is 105 Å². The van der Waals surface area contributed by atoms with Crippen LogP contribution in [0.2, 0.25) is 0 Å². The number of hydrogen-bond donors (Lipinski definition) is 2. The Morgan fingerprint density at radius 1 is 1.41 bits per heavy atom. The molecule has 0 amide bonds. The van der Waals surface area contributed by atoms with Crippen LogP contribution in [0.4, 0.5) is 11.5 Å². The second-order valence-electron chi connectivity index (χ2n) is 4.29. The standard InChI is InChI=1S/C12H18N4S/c1-7-5-6-10(17-7)8(2)14-12-11(13)9(3)15-16(12)4/h5-6,8,14H,13H2,1-4H3. The minimum Gasteiger partial charge on any atom is -0.394 e. The van der Waals surface area contributed by atoms with Gasteiger partial charge in [-0.15, -0.1) is 11.3 Å². The van der Waals surface area contributed by atoms with Crippen LogP contribution < -0.4 is 11.1 Å². The molecular formula is C12H18N4S. The molecule has 5 heteroatoms. The number of nitrogens with two attached hydrogens (primary N) is 1. The molecule has 0 saturated carbocycles. The molecule has 0 fully saturated rings. The van der Waals surface area contributed by atoms with Gasteiger partial charge in [0.2, 0.25) is 0 Å². The number of nitrogen functional groups attached to an aromatic ring is 1. The van der Waals surface area contributed by atoms with Crippen LogP contribution in [0.15, 0.2) is 12.1 Å². The Balaban J connectivity index is 2.21. The van der Waals surface area contributed by atoms with Crippen molar-refractivity contribution in [3.63, 3.8) is 0 Å². The molecule has 0 aliphatic rings. The second-order valence-corrected chi connectivity index (χ2v) is 5.61. The van der Waals surface area contributed by atoms with Gasteiger partial charge in [0.1, 0.15) is 5.82 Å². The van der Waals surface area contributed by atoms with Crippen molar-refractivity contribution < 1.29 is 0 Å². The fourth-order valence-electron chi connectivity index (χ4n) is 1.81. The average molecular weight is 250 g/mol. The Morgan fingerprint density at radius 2 is 2.12 bits per heavy atom. The number of nitrogens with zero attached hydrogens (tertiary/aromatic N) is 2. The van der Waals surface area contributed by atoms with Crippen molar-refractivity contribution in [1.29, 1.82) is 0 Å². The molecule has 0 aliphatic carbocycles. The summed E-state index contributed by atoms with van der Waals surface area (Å²) in [4.78, 5) is 2.63. The lowest BCUT2D eigenvalue weighted by molar-refractivity contribution is 0.745. The third-order valence-electron chi connectivity index (χ3n) is 2.81. The topological polar surface area (TPSA) is 55.9 Å². The zero-order valence-electron chi connectivity index (χ0n) is 10.6. The number of rotatable bonds is 3. The van der Waals surface area contributed by atoms with E-state index >= 15 is 0 Å². The highest BCUT2D eigenvalue weighted by Gasteiger charge is 2.14. The van der Waals surface area contributed by atoms with Gasteiger partial charge in [0.05, 0.1) is 17.4 Å².